The second-order valence-corrected chi connectivity index (χ2v) is 3.49. The summed E-state index contributed by atoms with van der Waals surface area (Å²) in [5, 5.41) is 13.9. The second-order valence-electron chi connectivity index (χ2n) is 3.49. The van der Waals surface area contributed by atoms with Gasteiger partial charge in [0.2, 0.25) is 0 Å². The van der Waals surface area contributed by atoms with E-state index in [0.29, 0.717) is 6.54 Å². The van der Waals surface area contributed by atoms with Gasteiger partial charge in [-0.15, -0.1) is 0 Å². The molecular weight excluding hydrogens is 188 g/mol. The molecule has 0 aliphatic carbocycles. The van der Waals surface area contributed by atoms with Gasteiger partial charge >= 0.3 is 0 Å². The van der Waals surface area contributed by atoms with E-state index in [9.17, 15) is 5.11 Å². The lowest BCUT2D eigenvalue weighted by atomic mass is 10.0. The molecule has 1 heterocycles. The van der Waals surface area contributed by atoms with Crippen LogP contribution < -0.4 is 5.32 Å². The highest BCUT2D eigenvalue weighted by Gasteiger charge is 2.09. The average molecular weight is 202 g/mol. The highest BCUT2D eigenvalue weighted by atomic mass is 16.3. The number of hydrogen-bond donors (Lipinski definition) is 2. The average Bonchev–Trinajstić information content (AvgIpc) is 2.28. The van der Waals surface area contributed by atoms with Gasteiger partial charge in [-0.2, -0.15) is 0 Å². The van der Waals surface area contributed by atoms with Crippen LogP contribution in [0.3, 0.4) is 0 Å². The molecule has 0 aliphatic rings. The van der Waals surface area contributed by atoms with Crippen molar-refractivity contribution in [3.05, 3.63) is 42.1 Å². The summed E-state index contributed by atoms with van der Waals surface area (Å²) in [4.78, 5) is 4.25. The van der Waals surface area contributed by atoms with Gasteiger partial charge in [-0.25, -0.2) is 0 Å². The molecule has 2 rings (SSSR count). The molecule has 1 unspecified atom stereocenters. The van der Waals surface area contributed by atoms with Gasteiger partial charge in [-0.05, 0) is 24.7 Å². The minimum atomic E-state index is -0.483. The van der Waals surface area contributed by atoms with Crippen LogP contribution in [0.25, 0.3) is 10.9 Å². The maximum absolute atomic E-state index is 9.93. The molecule has 2 aromatic rings. The Labute approximate surface area is 88.8 Å². The molecular formula is C12H14N2O. The third-order valence-electron chi connectivity index (χ3n) is 2.44. The lowest BCUT2D eigenvalue weighted by Crippen LogP contribution is -2.16. The number of pyridine rings is 1. The number of nitrogens with one attached hydrogen (secondary N) is 1. The van der Waals surface area contributed by atoms with Crippen LogP contribution in [0.2, 0.25) is 0 Å². The monoisotopic (exact) mass is 202 g/mol. The predicted octanol–water partition coefficient (Wildman–Crippen LogP) is 1.49. The summed E-state index contributed by atoms with van der Waals surface area (Å²) in [6.45, 7) is 0.550. The van der Waals surface area contributed by atoms with E-state index >= 15 is 0 Å². The molecule has 0 saturated carbocycles. The third kappa shape index (κ3) is 1.98. The van der Waals surface area contributed by atoms with E-state index in [0.717, 1.165) is 16.5 Å². The SMILES string of the molecule is CNCC(O)c1cccc2ncccc12. The first kappa shape index (κ1) is 10.1. The molecule has 0 amide bonds. The zero-order valence-corrected chi connectivity index (χ0v) is 8.64. The topological polar surface area (TPSA) is 45.1 Å². The molecule has 3 heteroatoms. The van der Waals surface area contributed by atoms with E-state index in [2.05, 4.69) is 10.3 Å². The van der Waals surface area contributed by atoms with Crippen molar-refractivity contribution in [2.75, 3.05) is 13.6 Å². The highest BCUT2D eigenvalue weighted by molar-refractivity contribution is 5.82. The zero-order chi connectivity index (χ0) is 10.7. The Hall–Kier alpha value is -1.45. The summed E-state index contributed by atoms with van der Waals surface area (Å²) in [6, 6.07) is 9.68. The van der Waals surface area contributed by atoms with Crippen LogP contribution in [0, 0.1) is 0 Å². The van der Waals surface area contributed by atoms with Crippen molar-refractivity contribution in [1.29, 1.82) is 0 Å². The van der Waals surface area contributed by atoms with Crippen molar-refractivity contribution in [3.63, 3.8) is 0 Å². The molecule has 1 aromatic heterocycles. The van der Waals surface area contributed by atoms with E-state index in [1.54, 1.807) is 6.20 Å². The second kappa shape index (κ2) is 4.38. The molecule has 3 nitrogen and oxygen atoms in total. The van der Waals surface area contributed by atoms with Crippen molar-refractivity contribution < 1.29 is 5.11 Å². The summed E-state index contributed by atoms with van der Waals surface area (Å²) in [7, 11) is 1.83. The molecule has 0 fully saturated rings. The number of benzene rings is 1. The Kier molecular flexibility index (Phi) is 2.94. The Morgan fingerprint density at radius 1 is 1.33 bits per heavy atom. The Bertz CT molecular complexity index is 451. The first-order valence-corrected chi connectivity index (χ1v) is 4.99. The van der Waals surface area contributed by atoms with E-state index < -0.39 is 6.10 Å². The summed E-state index contributed by atoms with van der Waals surface area (Å²) in [5.74, 6) is 0. The number of likely N-dealkylation sites (N-methyl/N-ethyl adjacent to an activating group) is 1. The molecule has 0 bridgehead atoms. The van der Waals surface area contributed by atoms with Crippen molar-refractivity contribution >= 4 is 10.9 Å². The van der Waals surface area contributed by atoms with Crippen molar-refractivity contribution in [2.24, 2.45) is 0 Å². The van der Waals surface area contributed by atoms with Gasteiger partial charge in [0.15, 0.2) is 0 Å². The van der Waals surface area contributed by atoms with Gasteiger partial charge in [-0.3, -0.25) is 4.98 Å². The first-order chi connectivity index (χ1) is 7.33. The number of aromatic nitrogens is 1. The van der Waals surface area contributed by atoms with Crippen LogP contribution in [0.1, 0.15) is 11.7 Å². The van der Waals surface area contributed by atoms with E-state index in [1.165, 1.54) is 0 Å². The molecule has 78 valence electrons. The van der Waals surface area contributed by atoms with Gasteiger partial charge in [-0.1, -0.05) is 18.2 Å². The molecule has 15 heavy (non-hydrogen) atoms. The fourth-order valence-electron chi connectivity index (χ4n) is 1.72. The molecule has 0 radical (unpaired) electrons. The number of nitrogens with zero attached hydrogens (tertiary/aromatic N) is 1. The third-order valence-corrected chi connectivity index (χ3v) is 2.44. The first-order valence-electron chi connectivity index (χ1n) is 4.99. The smallest absolute Gasteiger partial charge is 0.0920 e. The molecule has 0 aliphatic heterocycles. The summed E-state index contributed by atoms with van der Waals surface area (Å²) in [6.07, 6.45) is 1.28. The summed E-state index contributed by atoms with van der Waals surface area (Å²) < 4.78 is 0. The van der Waals surface area contributed by atoms with Crippen molar-refractivity contribution in [2.45, 2.75) is 6.10 Å². The highest BCUT2D eigenvalue weighted by Crippen LogP contribution is 2.22. The van der Waals surface area contributed by atoms with Gasteiger partial charge in [0, 0.05) is 18.1 Å². The molecule has 2 N–H and O–H groups in total. The fourth-order valence-corrected chi connectivity index (χ4v) is 1.72. The Balaban J connectivity index is 2.50. The molecule has 1 atom stereocenters. The predicted molar refractivity (Wildman–Crippen MR) is 60.6 cm³/mol. The van der Waals surface area contributed by atoms with Crippen molar-refractivity contribution in [1.82, 2.24) is 10.3 Å². The molecule has 0 saturated heterocycles. The van der Waals surface area contributed by atoms with E-state index in [1.807, 2.05) is 37.4 Å². The maximum atomic E-state index is 9.93. The van der Waals surface area contributed by atoms with Crippen LogP contribution in [-0.2, 0) is 0 Å². The maximum Gasteiger partial charge on any atom is 0.0920 e. The van der Waals surface area contributed by atoms with E-state index in [-0.39, 0.29) is 0 Å². The summed E-state index contributed by atoms with van der Waals surface area (Å²) in [5.41, 5.74) is 1.85. The van der Waals surface area contributed by atoms with Gasteiger partial charge in [0.25, 0.3) is 0 Å². The van der Waals surface area contributed by atoms with Crippen LogP contribution in [0.5, 0.6) is 0 Å². The van der Waals surface area contributed by atoms with Crippen LogP contribution in [-0.4, -0.2) is 23.7 Å². The van der Waals surface area contributed by atoms with Crippen LogP contribution >= 0.6 is 0 Å². The van der Waals surface area contributed by atoms with Crippen molar-refractivity contribution in [3.8, 4) is 0 Å². The number of hydrogen-bond acceptors (Lipinski definition) is 3. The number of aliphatic hydroxyl groups is 1. The minimum Gasteiger partial charge on any atom is -0.387 e. The zero-order valence-electron chi connectivity index (χ0n) is 8.64. The molecule has 0 spiro atoms. The largest absolute Gasteiger partial charge is 0.387 e. The van der Waals surface area contributed by atoms with Gasteiger partial charge in [0.05, 0.1) is 11.6 Å². The summed E-state index contributed by atoms with van der Waals surface area (Å²) >= 11 is 0. The minimum absolute atomic E-state index is 0.483. The quantitative estimate of drug-likeness (QED) is 0.792. The number of rotatable bonds is 3. The standard InChI is InChI=1S/C12H14N2O/c1-13-8-12(15)10-4-2-6-11-9(10)5-3-7-14-11/h2-7,12-13,15H,8H2,1H3. The van der Waals surface area contributed by atoms with Crippen LogP contribution in [0.15, 0.2) is 36.5 Å². The lowest BCUT2D eigenvalue weighted by Gasteiger charge is -2.12. The normalized spacial score (nSPS) is 12.9. The molecule has 1 aromatic carbocycles. The number of aliphatic hydroxyl groups excluding tert-OH is 1. The van der Waals surface area contributed by atoms with Gasteiger partial charge < -0.3 is 10.4 Å². The van der Waals surface area contributed by atoms with Crippen LogP contribution in [0.4, 0.5) is 0 Å². The van der Waals surface area contributed by atoms with E-state index in [4.69, 9.17) is 0 Å². The fraction of sp³-hybridized carbons (Fsp3) is 0.250. The number of fused-ring (bicyclic) bond motifs is 1. The Morgan fingerprint density at radius 3 is 3.00 bits per heavy atom. The Morgan fingerprint density at radius 2 is 2.20 bits per heavy atom. The lowest BCUT2D eigenvalue weighted by molar-refractivity contribution is 0.179. The van der Waals surface area contributed by atoms with Gasteiger partial charge in [0.1, 0.15) is 0 Å².